The van der Waals surface area contributed by atoms with Gasteiger partial charge in [0.2, 0.25) is 0 Å². The van der Waals surface area contributed by atoms with E-state index in [-0.39, 0.29) is 11.8 Å². The Morgan fingerprint density at radius 2 is 1.73 bits per heavy atom. The van der Waals surface area contributed by atoms with Crippen molar-refractivity contribution in [1.29, 1.82) is 0 Å². The van der Waals surface area contributed by atoms with Gasteiger partial charge in [0, 0.05) is 37.9 Å². The van der Waals surface area contributed by atoms with Gasteiger partial charge in [0.05, 0.1) is 6.61 Å². The largest absolute Gasteiger partial charge is 0.380 e. The summed E-state index contributed by atoms with van der Waals surface area (Å²) in [6.45, 7) is 2.59. The molecule has 1 N–H and O–H groups in total. The van der Waals surface area contributed by atoms with Gasteiger partial charge in [-0.2, -0.15) is 0 Å². The van der Waals surface area contributed by atoms with E-state index >= 15 is 0 Å². The Labute approximate surface area is 154 Å². The zero-order valence-electron chi connectivity index (χ0n) is 15.0. The molecule has 0 bridgehead atoms. The van der Waals surface area contributed by atoms with Crippen molar-refractivity contribution in [2.75, 3.05) is 20.2 Å². The molecule has 26 heavy (non-hydrogen) atoms. The second-order valence-corrected chi connectivity index (χ2v) is 6.51. The molecule has 1 saturated heterocycles. The van der Waals surface area contributed by atoms with Gasteiger partial charge in [-0.15, -0.1) is 0 Å². The Morgan fingerprint density at radius 1 is 1.00 bits per heavy atom. The zero-order chi connectivity index (χ0) is 18.4. The summed E-state index contributed by atoms with van der Waals surface area (Å²) in [5.74, 6) is -0.0341. The zero-order valence-corrected chi connectivity index (χ0v) is 15.0. The molecule has 136 valence electrons. The van der Waals surface area contributed by atoms with Gasteiger partial charge in [-0.25, -0.2) is 0 Å². The lowest BCUT2D eigenvalue weighted by molar-refractivity contribution is 0.0792. The van der Waals surface area contributed by atoms with Gasteiger partial charge in [0.25, 0.3) is 11.8 Å². The van der Waals surface area contributed by atoms with Crippen LogP contribution in [-0.2, 0) is 17.9 Å². The van der Waals surface area contributed by atoms with Gasteiger partial charge >= 0.3 is 0 Å². The average molecular weight is 352 g/mol. The number of rotatable bonds is 6. The van der Waals surface area contributed by atoms with Crippen LogP contribution in [0.15, 0.2) is 48.5 Å². The number of hydrogen-bond donors (Lipinski definition) is 1. The average Bonchev–Trinajstić information content (AvgIpc) is 3.21. The first-order valence-electron chi connectivity index (χ1n) is 8.91. The predicted molar refractivity (Wildman–Crippen MR) is 99.9 cm³/mol. The fourth-order valence-electron chi connectivity index (χ4n) is 3.12. The summed E-state index contributed by atoms with van der Waals surface area (Å²) in [6.07, 6.45) is 2.17. The molecule has 0 aliphatic carbocycles. The molecular weight excluding hydrogens is 328 g/mol. The van der Waals surface area contributed by atoms with Crippen LogP contribution in [0.3, 0.4) is 0 Å². The highest BCUT2D eigenvalue weighted by Gasteiger charge is 2.19. The van der Waals surface area contributed by atoms with E-state index in [0.29, 0.717) is 24.3 Å². The van der Waals surface area contributed by atoms with E-state index in [4.69, 9.17) is 4.74 Å². The summed E-state index contributed by atoms with van der Waals surface area (Å²) in [5, 5.41) is 2.91. The standard InChI is InChI=1S/C21H24N2O3/c1-26-15-17-5-4-6-19(13-17)20(24)22-14-16-7-9-18(10-8-16)21(25)23-11-2-3-12-23/h4-10,13H,2-3,11-12,14-15H2,1H3,(H,22,24). The summed E-state index contributed by atoms with van der Waals surface area (Å²) in [6, 6.07) is 14.8. The number of benzene rings is 2. The molecule has 0 radical (unpaired) electrons. The van der Waals surface area contributed by atoms with E-state index in [1.54, 1.807) is 13.2 Å². The first kappa shape index (κ1) is 18.1. The summed E-state index contributed by atoms with van der Waals surface area (Å²) >= 11 is 0. The molecule has 0 saturated carbocycles. The Bertz CT molecular complexity index is 765. The van der Waals surface area contributed by atoms with Crippen LogP contribution < -0.4 is 5.32 Å². The van der Waals surface area contributed by atoms with Crippen LogP contribution in [0, 0.1) is 0 Å². The van der Waals surface area contributed by atoms with E-state index in [9.17, 15) is 9.59 Å². The summed E-state index contributed by atoms with van der Waals surface area (Å²) in [5.41, 5.74) is 3.24. The molecule has 0 aromatic heterocycles. The first-order valence-corrected chi connectivity index (χ1v) is 8.91. The molecule has 3 rings (SSSR count). The number of carbonyl (C=O) groups is 2. The summed E-state index contributed by atoms with van der Waals surface area (Å²) < 4.78 is 5.10. The van der Waals surface area contributed by atoms with Crippen LogP contribution >= 0.6 is 0 Å². The third kappa shape index (κ3) is 4.49. The maximum Gasteiger partial charge on any atom is 0.253 e. The van der Waals surface area contributed by atoms with Crippen molar-refractivity contribution in [2.24, 2.45) is 0 Å². The van der Waals surface area contributed by atoms with Crippen LogP contribution in [0.2, 0.25) is 0 Å². The smallest absolute Gasteiger partial charge is 0.253 e. The number of nitrogens with one attached hydrogen (secondary N) is 1. The lowest BCUT2D eigenvalue weighted by Gasteiger charge is -2.15. The molecular formula is C21H24N2O3. The third-order valence-corrected chi connectivity index (χ3v) is 4.55. The molecule has 0 atom stereocenters. The van der Waals surface area contributed by atoms with Crippen LogP contribution in [-0.4, -0.2) is 36.9 Å². The first-order chi connectivity index (χ1) is 12.7. The summed E-state index contributed by atoms with van der Waals surface area (Å²) in [4.78, 5) is 26.5. The van der Waals surface area contributed by atoms with Gasteiger partial charge in [-0.1, -0.05) is 24.3 Å². The van der Waals surface area contributed by atoms with Crippen molar-refractivity contribution >= 4 is 11.8 Å². The highest BCUT2D eigenvalue weighted by Crippen LogP contribution is 2.14. The minimum Gasteiger partial charge on any atom is -0.380 e. The van der Waals surface area contributed by atoms with E-state index in [1.807, 2.05) is 47.4 Å². The fourth-order valence-corrected chi connectivity index (χ4v) is 3.12. The molecule has 2 amide bonds. The van der Waals surface area contributed by atoms with Crippen LogP contribution in [0.5, 0.6) is 0 Å². The molecule has 5 heteroatoms. The predicted octanol–water partition coefficient (Wildman–Crippen LogP) is 3.00. The Kier molecular flexibility index (Phi) is 6.02. The SMILES string of the molecule is COCc1cccc(C(=O)NCc2ccc(C(=O)N3CCCC3)cc2)c1. The lowest BCUT2D eigenvalue weighted by Crippen LogP contribution is -2.27. The van der Waals surface area contributed by atoms with Gasteiger partial charge in [0.15, 0.2) is 0 Å². The van der Waals surface area contributed by atoms with Crippen molar-refractivity contribution in [3.05, 3.63) is 70.8 Å². The number of ether oxygens (including phenoxy) is 1. The van der Waals surface area contributed by atoms with E-state index in [1.165, 1.54) is 0 Å². The van der Waals surface area contributed by atoms with Crippen LogP contribution in [0.4, 0.5) is 0 Å². The topological polar surface area (TPSA) is 58.6 Å². The number of likely N-dealkylation sites (tertiary alicyclic amines) is 1. The molecule has 1 heterocycles. The highest BCUT2D eigenvalue weighted by atomic mass is 16.5. The second-order valence-electron chi connectivity index (χ2n) is 6.51. The van der Waals surface area contributed by atoms with Gasteiger partial charge < -0.3 is 15.0 Å². The monoisotopic (exact) mass is 352 g/mol. The molecule has 0 unspecified atom stereocenters. The van der Waals surface area contributed by atoms with Crippen molar-refractivity contribution in [2.45, 2.75) is 26.0 Å². The molecule has 2 aromatic rings. The Morgan fingerprint density at radius 3 is 2.42 bits per heavy atom. The number of hydrogen-bond acceptors (Lipinski definition) is 3. The molecule has 1 fully saturated rings. The molecule has 1 aliphatic heterocycles. The molecule has 5 nitrogen and oxygen atoms in total. The minimum atomic E-state index is -0.125. The summed E-state index contributed by atoms with van der Waals surface area (Å²) in [7, 11) is 1.63. The lowest BCUT2D eigenvalue weighted by atomic mass is 10.1. The maximum atomic E-state index is 12.3. The minimum absolute atomic E-state index is 0.0908. The van der Waals surface area contributed by atoms with Gasteiger partial charge in [-0.05, 0) is 48.2 Å². The van der Waals surface area contributed by atoms with Crippen LogP contribution in [0.1, 0.15) is 44.7 Å². The molecule has 1 aliphatic rings. The Hall–Kier alpha value is -2.66. The van der Waals surface area contributed by atoms with E-state index < -0.39 is 0 Å². The number of carbonyl (C=O) groups excluding carboxylic acids is 2. The van der Waals surface area contributed by atoms with Crippen LogP contribution in [0.25, 0.3) is 0 Å². The van der Waals surface area contributed by atoms with Crippen molar-refractivity contribution in [1.82, 2.24) is 10.2 Å². The van der Waals surface area contributed by atoms with Gasteiger partial charge in [0.1, 0.15) is 0 Å². The Balaban J connectivity index is 1.56. The number of amides is 2. The van der Waals surface area contributed by atoms with Crippen molar-refractivity contribution in [3.8, 4) is 0 Å². The third-order valence-electron chi connectivity index (χ3n) is 4.55. The highest BCUT2D eigenvalue weighted by molar-refractivity contribution is 5.95. The fraction of sp³-hybridized carbons (Fsp3) is 0.333. The number of nitrogens with zero attached hydrogens (tertiary/aromatic N) is 1. The van der Waals surface area contributed by atoms with Gasteiger partial charge in [-0.3, -0.25) is 9.59 Å². The van der Waals surface area contributed by atoms with Crippen molar-refractivity contribution in [3.63, 3.8) is 0 Å². The maximum absolute atomic E-state index is 12.3. The second kappa shape index (κ2) is 8.63. The molecule has 0 spiro atoms. The normalized spacial score (nSPS) is 13.7. The van der Waals surface area contributed by atoms with Crippen molar-refractivity contribution < 1.29 is 14.3 Å². The quantitative estimate of drug-likeness (QED) is 0.869. The van der Waals surface area contributed by atoms with E-state index in [2.05, 4.69) is 5.32 Å². The molecule has 2 aromatic carbocycles. The van der Waals surface area contributed by atoms with E-state index in [0.717, 1.165) is 37.1 Å². The number of methoxy groups -OCH3 is 1.